The molecule has 0 bridgehead atoms. The van der Waals surface area contributed by atoms with Crippen molar-refractivity contribution in [2.75, 3.05) is 7.11 Å². The lowest BCUT2D eigenvalue weighted by atomic mass is 10.1. The van der Waals surface area contributed by atoms with Crippen molar-refractivity contribution in [3.63, 3.8) is 0 Å². The van der Waals surface area contributed by atoms with Crippen LogP contribution < -0.4 is 10.1 Å². The van der Waals surface area contributed by atoms with Gasteiger partial charge in [0.05, 0.1) is 27.1 Å². The first-order chi connectivity index (χ1) is 15.1. The lowest BCUT2D eigenvalue weighted by Gasteiger charge is -2.28. The number of halogens is 1. The van der Waals surface area contributed by atoms with Gasteiger partial charge < -0.3 is 10.1 Å². The first kappa shape index (κ1) is 24.1. The van der Waals surface area contributed by atoms with Gasteiger partial charge in [0.1, 0.15) is 5.75 Å². The fourth-order valence-electron chi connectivity index (χ4n) is 4.13. The van der Waals surface area contributed by atoms with Gasteiger partial charge in [0.25, 0.3) is 5.91 Å². The largest absolute Gasteiger partial charge is 0.497 e. The van der Waals surface area contributed by atoms with Gasteiger partial charge in [-0.05, 0) is 61.4 Å². The first-order valence-corrected chi connectivity index (χ1v) is 14.8. The van der Waals surface area contributed by atoms with E-state index in [9.17, 15) is 9.59 Å². The Hall–Kier alpha value is -2.57. The molecular formula is C25H31ClN2O3Si. The topological polar surface area (TPSA) is 60.3 Å². The highest BCUT2D eigenvalue weighted by Gasteiger charge is 2.28. The summed E-state index contributed by atoms with van der Waals surface area (Å²) >= 11 is 6.00. The van der Waals surface area contributed by atoms with Crippen LogP contribution in [0, 0.1) is 6.92 Å². The highest BCUT2D eigenvalue weighted by atomic mass is 35.5. The summed E-state index contributed by atoms with van der Waals surface area (Å²) in [6.07, 6.45) is 1.11. The zero-order valence-corrected chi connectivity index (χ0v) is 21.3. The number of aromatic nitrogens is 1. The molecule has 1 heterocycles. The number of ether oxygens (including phenoxy) is 1. The Balaban J connectivity index is 2.06. The van der Waals surface area contributed by atoms with Crippen molar-refractivity contribution in [2.24, 2.45) is 0 Å². The maximum atomic E-state index is 13.4. The Morgan fingerprint density at radius 3 is 2.34 bits per heavy atom. The smallest absolute Gasteiger partial charge is 0.262 e. The van der Waals surface area contributed by atoms with Crippen LogP contribution in [0.2, 0.25) is 24.7 Å². The molecule has 170 valence electrons. The third kappa shape index (κ3) is 4.92. The molecule has 0 saturated carbocycles. The van der Waals surface area contributed by atoms with Gasteiger partial charge >= 0.3 is 0 Å². The summed E-state index contributed by atoms with van der Waals surface area (Å²) in [5.41, 5.74) is 3.08. The molecule has 0 radical (unpaired) electrons. The van der Waals surface area contributed by atoms with E-state index in [0.717, 1.165) is 28.6 Å². The van der Waals surface area contributed by atoms with Crippen LogP contribution >= 0.6 is 11.6 Å². The van der Waals surface area contributed by atoms with Crippen molar-refractivity contribution in [3.05, 3.63) is 64.3 Å². The summed E-state index contributed by atoms with van der Waals surface area (Å²) < 4.78 is 7.09. The van der Waals surface area contributed by atoms with Crippen LogP contribution in [0.1, 0.15) is 35.0 Å². The van der Waals surface area contributed by atoms with Crippen LogP contribution in [0.4, 0.5) is 0 Å². The third-order valence-electron chi connectivity index (χ3n) is 5.96. The fraction of sp³-hybridized carbons (Fsp3) is 0.360. The van der Waals surface area contributed by atoms with E-state index in [1.807, 2.05) is 25.1 Å². The molecule has 0 aliphatic rings. The minimum Gasteiger partial charge on any atom is -0.497 e. The van der Waals surface area contributed by atoms with Gasteiger partial charge in [0.15, 0.2) is 0 Å². The van der Waals surface area contributed by atoms with Gasteiger partial charge in [-0.1, -0.05) is 38.2 Å². The van der Waals surface area contributed by atoms with Crippen LogP contribution in [0.5, 0.6) is 5.75 Å². The Labute approximate surface area is 195 Å². The molecule has 1 unspecified atom stereocenters. The van der Waals surface area contributed by atoms with Gasteiger partial charge in [0.2, 0.25) is 5.91 Å². The van der Waals surface area contributed by atoms with E-state index in [1.165, 1.54) is 0 Å². The Morgan fingerprint density at radius 1 is 1.12 bits per heavy atom. The van der Waals surface area contributed by atoms with Crippen LogP contribution in [0.3, 0.4) is 0 Å². The van der Waals surface area contributed by atoms with E-state index in [-0.39, 0.29) is 23.9 Å². The minimum atomic E-state index is -1.53. The second-order valence-electron chi connectivity index (χ2n) is 9.17. The van der Waals surface area contributed by atoms with Gasteiger partial charge in [-0.25, -0.2) is 0 Å². The standard InChI is InChI=1S/C25H31ClN2O3Si/c1-7-24(32(4,5)6)27-23(29)15-20-16(2)28(22-13-12-19(31-3)14-21(20)22)25(30)17-8-10-18(26)11-9-17/h8-14,24H,7,15H2,1-6H3,(H,27,29). The second kappa shape index (κ2) is 9.51. The number of hydrogen-bond donors (Lipinski definition) is 1. The predicted molar refractivity (Wildman–Crippen MR) is 134 cm³/mol. The molecule has 1 aromatic heterocycles. The number of benzene rings is 2. The van der Waals surface area contributed by atoms with Crippen molar-refractivity contribution < 1.29 is 14.3 Å². The Kier molecular flexibility index (Phi) is 7.15. The first-order valence-electron chi connectivity index (χ1n) is 10.8. The summed E-state index contributed by atoms with van der Waals surface area (Å²) in [4.78, 5) is 26.4. The summed E-state index contributed by atoms with van der Waals surface area (Å²) in [6, 6.07) is 12.4. The summed E-state index contributed by atoms with van der Waals surface area (Å²) in [7, 11) is 0.0751. The highest BCUT2D eigenvalue weighted by molar-refractivity contribution is 6.77. The quantitative estimate of drug-likeness (QED) is 0.456. The van der Waals surface area contributed by atoms with Crippen molar-refractivity contribution in [1.29, 1.82) is 0 Å². The number of amides is 1. The molecule has 1 amide bonds. The Morgan fingerprint density at radius 2 is 1.78 bits per heavy atom. The van der Waals surface area contributed by atoms with Gasteiger partial charge in [-0.15, -0.1) is 0 Å². The maximum Gasteiger partial charge on any atom is 0.262 e. The Bertz CT molecular complexity index is 1150. The molecule has 0 aliphatic carbocycles. The molecule has 0 fully saturated rings. The number of nitrogens with zero attached hydrogens (tertiary/aromatic N) is 1. The van der Waals surface area contributed by atoms with E-state index in [0.29, 0.717) is 16.3 Å². The van der Waals surface area contributed by atoms with Crippen LogP contribution in [0.25, 0.3) is 10.9 Å². The zero-order chi connectivity index (χ0) is 23.6. The predicted octanol–water partition coefficient (Wildman–Crippen LogP) is 5.61. The normalized spacial score (nSPS) is 12.6. The van der Waals surface area contributed by atoms with E-state index in [2.05, 4.69) is 31.9 Å². The molecule has 32 heavy (non-hydrogen) atoms. The zero-order valence-electron chi connectivity index (χ0n) is 19.6. The SMILES string of the molecule is CCC(NC(=O)Cc1c(C)n(C(=O)c2ccc(Cl)cc2)c2ccc(OC)cc12)[Si](C)(C)C. The average Bonchev–Trinajstić information content (AvgIpc) is 3.01. The lowest BCUT2D eigenvalue weighted by Crippen LogP contribution is -2.50. The monoisotopic (exact) mass is 470 g/mol. The van der Waals surface area contributed by atoms with E-state index >= 15 is 0 Å². The highest BCUT2D eigenvalue weighted by Crippen LogP contribution is 2.31. The number of carbonyl (C=O) groups is 2. The molecule has 7 heteroatoms. The molecule has 5 nitrogen and oxygen atoms in total. The van der Waals surface area contributed by atoms with E-state index < -0.39 is 8.07 Å². The molecular weight excluding hydrogens is 440 g/mol. The maximum absolute atomic E-state index is 13.4. The van der Waals surface area contributed by atoms with Gasteiger partial charge in [0, 0.05) is 27.3 Å². The van der Waals surface area contributed by atoms with E-state index in [4.69, 9.17) is 16.3 Å². The third-order valence-corrected chi connectivity index (χ3v) is 8.86. The van der Waals surface area contributed by atoms with Gasteiger partial charge in [-0.3, -0.25) is 14.2 Å². The number of fused-ring (bicyclic) bond motifs is 1. The molecule has 3 rings (SSSR count). The molecule has 2 aromatic carbocycles. The van der Waals surface area contributed by atoms with Crippen LogP contribution in [-0.4, -0.2) is 37.2 Å². The van der Waals surface area contributed by atoms with Crippen molar-refractivity contribution in [1.82, 2.24) is 9.88 Å². The molecule has 0 aliphatic heterocycles. The molecule has 1 N–H and O–H groups in total. The van der Waals surface area contributed by atoms with Crippen molar-refractivity contribution in [3.8, 4) is 5.75 Å². The number of nitrogens with one attached hydrogen (secondary N) is 1. The van der Waals surface area contributed by atoms with E-state index in [1.54, 1.807) is 35.9 Å². The van der Waals surface area contributed by atoms with Gasteiger partial charge in [-0.2, -0.15) is 0 Å². The van der Waals surface area contributed by atoms with Crippen LogP contribution in [0.15, 0.2) is 42.5 Å². The van der Waals surface area contributed by atoms with Crippen LogP contribution in [-0.2, 0) is 11.2 Å². The summed E-state index contributed by atoms with van der Waals surface area (Å²) in [6.45, 7) is 10.8. The second-order valence-corrected chi connectivity index (χ2v) is 15.0. The minimum absolute atomic E-state index is 0.0248. The molecule has 0 spiro atoms. The van der Waals surface area contributed by atoms with Crippen molar-refractivity contribution in [2.45, 2.75) is 52.0 Å². The lowest BCUT2D eigenvalue weighted by molar-refractivity contribution is -0.120. The molecule has 0 saturated heterocycles. The number of carbonyl (C=O) groups excluding carboxylic acids is 2. The number of rotatable bonds is 7. The number of methoxy groups -OCH3 is 1. The molecule has 3 aromatic rings. The van der Waals surface area contributed by atoms with Crippen molar-refractivity contribution >= 4 is 42.4 Å². The average molecular weight is 471 g/mol. The number of hydrogen-bond acceptors (Lipinski definition) is 3. The molecule has 1 atom stereocenters. The summed E-state index contributed by atoms with van der Waals surface area (Å²) in [5.74, 6) is 0.501. The summed E-state index contributed by atoms with van der Waals surface area (Å²) in [5, 5.41) is 4.66. The fourth-order valence-corrected chi connectivity index (χ4v) is 6.08.